The van der Waals surface area contributed by atoms with Gasteiger partial charge in [0.1, 0.15) is 5.82 Å². The first-order valence-electron chi connectivity index (χ1n) is 7.80. The second kappa shape index (κ2) is 5.72. The van der Waals surface area contributed by atoms with Gasteiger partial charge in [-0.25, -0.2) is 4.39 Å². The number of β-amino-alcohol motifs (C(OH)–C–C–N with tert-alkyl or cyclic N) is 1. The third kappa shape index (κ3) is 2.45. The fourth-order valence-corrected chi connectivity index (χ4v) is 3.35. The fourth-order valence-electron chi connectivity index (χ4n) is 3.35. The molecule has 1 amide bonds. The lowest BCUT2D eigenvalue weighted by Crippen LogP contribution is -2.31. The topological polar surface area (TPSA) is 69.2 Å². The number of hydrogen-bond donors (Lipinski definition) is 2. The molecule has 0 saturated carbocycles. The number of aliphatic hydroxyl groups is 1. The zero-order valence-electron chi connectivity index (χ0n) is 12.8. The third-order valence-corrected chi connectivity index (χ3v) is 4.51. The van der Waals surface area contributed by atoms with Gasteiger partial charge in [0.15, 0.2) is 0 Å². The van der Waals surface area contributed by atoms with Crippen LogP contribution in [0.2, 0.25) is 0 Å². The zero-order chi connectivity index (χ0) is 16.7. The van der Waals surface area contributed by atoms with Gasteiger partial charge in [-0.1, -0.05) is 18.2 Å². The number of halogens is 1. The van der Waals surface area contributed by atoms with Crippen molar-refractivity contribution in [3.63, 3.8) is 0 Å². The standard InChI is InChI=1S/C18H16FN3O2/c19-12-6-4-11(5-7-12)17-8-13(23)10-22(17)18(24)14-2-1-3-16-15(14)9-20-21-16/h1-7,9,13,17,23H,8,10H2,(H,20,21)/t13-,17-/m0/s1. The number of H-pyrrole nitrogens is 1. The number of aromatic amines is 1. The van der Waals surface area contributed by atoms with E-state index in [1.807, 2.05) is 6.07 Å². The summed E-state index contributed by atoms with van der Waals surface area (Å²) >= 11 is 0. The Hall–Kier alpha value is -2.73. The van der Waals surface area contributed by atoms with Gasteiger partial charge >= 0.3 is 0 Å². The number of amides is 1. The van der Waals surface area contributed by atoms with Gasteiger partial charge in [0.2, 0.25) is 0 Å². The van der Waals surface area contributed by atoms with Crippen molar-refractivity contribution in [2.24, 2.45) is 0 Å². The maximum absolute atomic E-state index is 13.2. The largest absolute Gasteiger partial charge is 0.391 e. The molecule has 4 rings (SSSR count). The van der Waals surface area contributed by atoms with Crippen LogP contribution in [0.15, 0.2) is 48.7 Å². The first kappa shape index (κ1) is 14.8. The van der Waals surface area contributed by atoms with E-state index in [0.29, 0.717) is 12.0 Å². The van der Waals surface area contributed by atoms with E-state index in [0.717, 1.165) is 16.5 Å². The average Bonchev–Trinajstić information content (AvgIpc) is 3.21. The number of carbonyl (C=O) groups excluding carboxylic acids is 1. The van der Waals surface area contributed by atoms with Crippen molar-refractivity contribution in [2.75, 3.05) is 6.54 Å². The summed E-state index contributed by atoms with van der Waals surface area (Å²) in [6.45, 7) is 0.259. The van der Waals surface area contributed by atoms with Gasteiger partial charge in [0.25, 0.3) is 5.91 Å². The summed E-state index contributed by atoms with van der Waals surface area (Å²) in [5.74, 6) is -0.480. The van der Waals surface area contributed by atoms with Gasteiger partial charge in [-0.15, -0.1) is 0 Å². The van der Waals surface area contributed by atoms with Gasteiger partial charge < -0.3 is 10.0 Å². The summed E-state index contributed by atoms with van der Waals surface area (Å²) in [4.78, 5) is 14.7. The summed E-state index contributed by atoms with van der Waals surface area (Å²) < 4.78 is 13.2. The molecule has 6 heteroatoms. The van der Waals surface area contributed by atoms with Gasteiger partial charge in [-0.3, -0.25) is 9.89 Å². The molecule has 5 nitrogen and oxygen atoms in total. The molecular formula is C18H16FN3O2. The molecule has 1 fully saturated rings. The highest BCUT2D eigenvalue weighted by Gasteiger charge is 2.36. The van der Waals surface area contributed by atoms with Crippen molar-refractivity contribution in [1.82, 2.24) is 15.1 Å². The normalized spacial score (nSPS) is 20.7. The van der Waals surface area contributed by atoms with Crippen LogP contribution in [-0.2, 0) is 0 Å². The quantitative estimate of drug-likeness (QED) is 0.761. The molecule has 2 N–H and O–H groups in total. The van der Waals surface area contributed by atoms with Crippen LogP contribution >= 0.6 is 0 Å². The minimum atomic E-state index is -0.590. The molecule has 2 aromatic carbocycles. The lowest BCUT2D eigenvalue weighted by molar-refractivity contribution is 0.0718. The molecule has 122 valence electrons. The Morgan fingerprint density at radius 3 is 2.83 bits per heavy atom. The summed E-state index contributed by atoms with van der Waals surface area (Å²) in [5.41, 5.74) is 2.15. The maximum atomic E-state index is 13.2. The van der Waals surface area contributed by atoms with Crippen LogP contribution in [0.4, 0.5) is 4.39 Å². The number of aliphatic hydroxyl groups excluding tert-OH is 1. The van der Waals surface area contributed by atoms with Crippen LogP contribution in [-0.4, -0.2) is 38.8 Å². The van der Waals surface area contributed by atoms with Gasteiger partial charge in [0, 0.05) is 11.9 Å². The average molecular weight is 325 g/mol. The number of rotatable bonds is 2. The smallest absolute Gasteiger partial charge is 0.255 e. The minimum absolute atomic E-state index is 0.159. The Morgan fingerprint density at radius 1 is 1.25 bits per heavy atom. The van der Waals surface area contributed by atoms with Gasteiger partial charge in [0.05, 0.1) is 29.4 Å². The van der Waals surface area contributed by atoms with Crippen molar-refractivity contribution < 1.29 is 14.3 Å². The van der Waals surface area contributed by atoms with E-state index in [-0.39, 0.29) is 24.3 Å². The van der Waals surface area contributed by atoms with Crippen molar-refractivity contribution in [1.29, 1.82) is 0 Å². The molecule has 0 bridgehead atoms. The molecule has 2 atom stereocenters. The SMILES string of the molecule is O=C(c1cccc2[nH]ncc12)N1C[C@@H](O)C[C@H]1c1ccc(F)cc1. The Kier molecular flexibility index (Phi) is 3.54. The summed E-state index contributed by atoms with van der Waals surface area (Å²) in [5, 5.41) is 17.7. The van der Waals surface area contributed by atoms with E-state index >= 15 is 0 Å². The molecule has 1 aromatic heterocycles. The van der Waals surface area contributed by atoms with Crippen LogP contribution in [0.25, 0.3) is 10.9 Å². The molecule has 0 radical (unpaired) electrons. The number of fused-ring (bicyclic) bond motifs is 1. The van der Waals surface area contributed by atoms with E-state index in [9.17, 15) is 14.3 Å². The molecule has 24 heavy (non-hydrogen) atoms. The maximum Gasteiger partial charge on any atom is 0.255 e. The molecule has 1 aliphatic rings. The number of aromatic nitrogens is 2. The number of likely N-dealkylation sites (tertiary alicyclic amines) is 1. The Bertz CT molecular complexity index is 891. The first-order chi connectivity index (χ1) is 11.6. The summed E-state index contributed by atoms with van der Waals surface area (Å²) in [7, 11) is 0. The van der Waals surface area contributed by atoms with E-state index < -0.39 is 6.10 Å². The fraction of sp³-hybridized carbons (Fsp3) is 0.222. The lowest BCUT2D eigenvalue weighted by Gasteiger charge is -2.25. The highest BCUT2D eigenvalue weighted by molar-refractivity contribution is 6.06. The number of carbonyl (C=O) groups is 1. The molecular weight excluding hydrogens is 309 g/mol. The van der Waals surface area contributed by atoms with E-state index in [1.165, 1.54) is 12.1 Å². The molecule has 0 unspecified atom stereocenters. The Balaban J connectivity index is 1.72. The Morgan fingerprint density at radius 2 is 2.04 bits per heavy atom. The van der Waals surface area contributed by atoms with E-state index in [1.54, 1.807) is 35.4 Å². The molecule has 0 aliphatic carbocycles. The van der Waals surface area contributed by atoms with Crippen LogP contribution < -0.4 is 0 Å². The van der Waals surface area contributed by atoms with Gasteiger partial charge in [-0.05, 0) is 36.2 Å². The van der Waals surface area contributed by atoms with Crippen molar-refractivity contribution in [3.8, 4) is 0 Å². The number of nitrogens with one attached hydrogen (secondary N) is 1. The predicted molar refractivity (Wildman–Crippen MR) is 86.9 cm³/mol. The predicted octanol–water partition coefficient (Wildman–Crippen LogP) is 2.65. The molecule has 1 saturated heterocycles. The highest BCUT2D eigenvalue weighted by Crippen LogP contribution is 2.34. The van der Waals surface area contributed by atoms with Crippen molar-refractivity contribution in [2.45, 2.75) is 18.6 Å². The minimum Gasteiger partial charge on any atom is -0.391 e. The highest BCUT2D eigenvalue weighted by atomic mass is 19.1. The molecule has 1 aliphatic heterocycles. The summed E-state index contributed by atoms with van der Waals surface area (Å²) in [6, 6.07) is 11.2. The van der Waals surface area contributed by atoms with E-state index in [2.05, 4.69) is 10.2 Å². The zero-order valence-corrected chi connectivity index (χ0v) is 12.8. The Labute approximate surface area is 137 Å². The lowest BCUT2D eigenvalue weighted by atomic mass is 10.0. The second-order valence-corrected chi connectivity index (χ2v) is 6.05. The first-order valence-corrected chi connectivity index (χ1v) is 7.80. The van der Waals surface area contributed by atoms with Crippen LogP contribution in [0.3, 0.4) is 0 Å². The van der Waals surface area contributed by atoms with Gasteiger partial charge in [-0.2, -0.15) is 5.10 Å². The third-order valence-electron chi connectivity index (χ3n) is 4.51. The monoisotopic (exact) mass is 325 g/mol. The number of benzene rings is 2. The molecule has 3 aromatic rings. The van der Waals surface area contributed by atoms with Crippen LogP contribution in [0.1, 0.15) is 28.4 Å². The summed E-state index contributed by atoms with van der Waals surface area (Å²) in [6.07, 6.45) is 1.48. The van der Waals surface area contributed by atoms with E-state index in [4.69, 9.17) is 0 Å². The number of hydrogen-bond acceptors (Lipinski definition) is 3. The van der Waals surface area contributed by atoms with Crippen LogP contribution in [0, 0.1) is 5.82 Å². The van der Waals surface area contributed by atoms with Crippen molar-refractivity contribution >= 4 is 16.8 Å². The second-order valence-electron chi connectivity index (χ2n) is 6.05. The van der Waals surface area contributed by atoms with Crippen LogP contribution in [0.5, 0.6) is 0 Å². The molecule has 2 heterocycles. The number of nitrogens with zero attached hydrogens (tertiary/aromatic N) is 2. The molecule has 0 spiro atoms. The van der Waals surface area contributed by atoms with Crippen molar-refractivity contribution in [3.05, 3.63) is 65.6 Å².